The smallest absolute Gasteiger partial charge is 0.317 e. The Bertz CT molecular complexity index is 286. The fourth-order valence-electron chi connectivity index (χ4n) is 1.07. The number of nitriles is 1. The molecular weight excluding hydrogens is 210 g/mol. The molecular formula is C10H17N3O3. The second-order valence-electron chi connectivity index (χ2n) is 3.46. The number of hydrogen-bond acceptors (Lipinski definition) is 3. The van der Waals surface area contributed by atoms with Gasteiger partial charge in [-0.3, -0.25) is 4.79 Å². The van der Waals surface area contributed by atoms with Gasteiger partial charge in [0.25, 0.3) is 0 Å². The topological polar surface area (TPSA) is 93.4 Å². The fourth-order valence-corrected chi connectivity index (χ4v) is 1.07. The van der Waals surface area contributed by atoms with E-state index in [0.717, 1.165) is 0 Å². The van der Waals surface area contributed by atoms with E-state index < -0.39 is 11.9 Å². The first kappa shape index (κ1) is 14.2. The van der Waals surface area contributed by atoms with Crippen LogP contribution in [0.1, 0.15) is 19.8 Å². The third kappa shape index (κ3) is 5.20. The van der Waals surface area contributed by atoms with Crippen molar-refractivity contribution in [3.8, 4) is 6.07 Å². The van der Waals surface area contributed by atoms with Gasteiger partial charge in [0, 0.05) is 20.1 Å². The van der Waals surface area contributed by atoms with Crippen LogP contribution in [0.2, 0.25) is 0 Å². The van der Waals surface area contributed by atoms with Crippen LogP contribution >= 0.6 is 0 Å². The number of urea groups is 1. The molecule has 0 bridgehead atoms. The van der Waals surface area contributed by atoms with Gasteiger partial charge in [-0.2, -0.15) is 5.26 Å². The van der Waals surface area contributed by atoms with Gasteiger partial charge in [0.15, 0.2) is 0 Å². The normalized spacial score (nSPS) is 11.3. The lowest BCUT2D eigenvalue weighted by molar-refractivity contribution is -0.141. The molecule has 1 unspecified atom stereocenters. The summed E-state index contributed by atoms with van der Waals surface area (Å²) in [6, 6.07) is 1.58. The predicted octanol–water partition coefficient (Wildman–Crippen LogP) is 0.652. The zero-order valence-corrected chi connectivity index (χ0v) is 9.56. The monoisotopic (exact) mass is 227 g/mol. The van der Waals surface area contributed by atoms with E-state index in [0.29, 0.717) is 13.0 Å². The van der Waals surface area contributed by atoms with Crippen LogP contribution in [0.15, 0.2) is 0 Å². The molecule has 16 heavy (non-hydrogen) atoms. The van der Waals surface area contributed by atoms with Gasteiger partial charge in [-0.25, -0.2) is 4.79 Å². The molecule has 0 saturated heterocycles. The Morgan fingerprint density at radius 2 is 2.19 bits per heavy atom. The molecule has 2 amide bonds. The van der Waals surface area contributed by atoms with E-state index in [2.05, 4.69) is 5.32 Å². The van der Waals surface area contributed by atoms with Gasteiger partial charge in [0.05, 0.1) is 18.4 Å². The molecule has 0 radical (unpaired) electrons. The number of nitrogens with zero attached hydrogens (tertiary/aromatic N) is 2. The van der Waals surface area contributed by atoms with Gasteiger partial charge in [-0.15, -0.1) is 0 Å². The Labute approximate surface area is 94.8 Å². The zero-order valence-electron chi connectivity index (χ0n) is 9.56. The molecule has 1 atom stereocenters. The summed E-state index contributed by atoms with van der Waals surface area (Å²) in [5.41, 5.74) is 0. The number of hydrogen-bond donors (Lipinski definition) is 2. The minimum absolute atomic E-state index is 0.113. The first-order chi connectivity index (χ1) is 7.52. The molecule has 0 saturated carbocycles. The van der Waals surface area contributed by atoms with E-state index in [-0.39, 0.29) is 19.0 Å². The SMILES string of the molecule is CCC(CNC(=O)N(C)CCC#N)C(=O)O. The Kier molecular flexibility index (Phi) is 6.68. The van der Waals surface area contributed by atoms with E-state index in [1.807, 2.05) is 6.07 Å². The summed E-state index contributed by atoms with van der Waals surface area (Å²) in [6.07, 6.45) is 0.734. The van der Waals surface area contributed by atoms with Crippen LogP contribution < -0.4 is 5.32 Å². The average molecular weight is 227 g/mol. The number of carbonyl (C=O) groups excluding carboxylic acids is 1. The number of nitrogens with one attached hydrogen (secondary N) is 1. The number of carbonyl (C=O) groups is 2. The molecule has 6 heteroatoms. The van der Waals surface area contributed by atoms with E-state index >= 15 is 0 Å². The molecule has 6 nitrogen and oxygen atoms in total. The van der Waals surface area contributed by atoms with Gasteiger partial charge in [-0.05, 0) is 6.42 Å². The number of carboxylic acids is 1. The highest BCUT2D eigenvalue weighted by Gasteiger charge is 2.16. The van der Waals surface area contributed by atoms with Crippen LogP contribution in [0.4, 0.5) is 4.79 Å². The lowest BCUT2D eigenvalue weighted by Crippen LogP contribution is -2.41. The summed E-state index contributed by atoms with van der Waals surface area (Å²) in [5, 5.41) is 19.6. The fraction of sp³-hybridized carbons (Fsp3) is 0.700. The molecule has 0 aliphatic carbocycles. The lowest BCUT2D eigenvalue weighted by Gasteiger charge is -2.18. The van der Waals surface area contributed by atoms with Crippen LogP contribution in [0, 0.1) is 17.2 Å². The molecule has 0 aromatic heterocycles. The van der Waals surface area contributed by atoms with Gasteiger partial charge in [-0.1, -0.05) is 6.92 Å². The van der Waals surface area contributed by atoms with Crippen molar-refractivity contribution in [1.29, 1.82) is 5.26 Å². The minimum Gasteiger partial charge on any atom is -0.481 e. The molecule has 90 valence electrons. The largest absolute Gasteiger partial charge is 0.481 e. The maximum absolute atomic E-state index is 11.4. The van der Waals surface area contributed by atoms with Gasteiger partial charge in [0.2, 0.25) is 0 Å². The third-order valence-electron chi connectivity index (χ3n) is 2.25. The highest BCUT2D eigenvalue weighted by molar-refractivity contribution is 5.75. The highest BCUT2D eigenvalue weighted by atomic mass is 16.4. The second-order valence-corrected chi connectivity index (χ2v) is 3.46. The molecule has 2 N–H and O–H groups in total. The predicted molar refractivity (Wildman–Crippen MR) is 57.7 cm³/mol. The van der Waals surface area contributed by atoms with Gasteiger partial charge in [0.1, 0.15) is 0 Å². The number of carboxylic acid groups (broad SMARTS) is 1. The number of amides is 2. The Hall–Kier alpha value is -1.77. The van der Waals surface area contributed by atoms with Crippen molar-refractivity contribution >= 4 is 12.0 Å². The molecule has 0 aromatic rings. The van der Waals surface area contributed by atoms with Crippen molar-refractivity contribution in [2.75, 3.05) is 20.1 Å². The van der Waals surface area contributed by atoms with Crippen LogP contribution in [0.25, 0.3) is 0 Å². The van der Waals surface area contributed by atoms with Crippen molar-refractivity contribution in [2.24, 2.45) is 5.92 Å². The lowest BCUT2D eigenvalue weighted by atomic mass is 10.1. The molecule has 0 aliphatic rings. The summed E-state index contributed by atoms with van der Waals surface area (Å²) in [4.78, 5) is 23.4. The summed E-state index contributed by atoms with van der Waals surface area (Å²) < 4.78 is 0. The summed E-state index contributed by atoms with van der Waals surface area (Å²) >= 11 is 0. The first-order valence-corrected chi connectivity index (χ1v) is 5.11. The second kappa shape index (κ2) is 7.51. The van der Waals surface area contributed by atoms with E-state index in [1.54, 1.807) is 14.0 Å². The summed E-state index contributed by atoms with van der Waals surface area (Å²) in [7, 11) is 1.56. The van der Waals surface area contributed by atoms with Crippen molar-refractivity contribution in [3.63, 3.8) is 0 Å². The Morgan fingerprint density at radius 3 is 2.62 bits per heavy atom. The minimum atomic E-state index is -0.914. The molecule has 0 spiro atoms. The molecule has 0 aliphatic heterocycles. The van der Waals surface area contributed by atoms with Crippen molar-refractivity contribution < 1.29 is 14.7 Å². The summed E-state index contributed by atoms with van der Waals surface area (Å²) in [5.74, 6) is -1.48. The van der Waals surface area contributed by atoms with Crippen LogP contribution in [0.5, 0.6) is 0 Å². The van der Waals surface area contributed by atoms with Gasteiger partial charge >= 0.3 is 12.0 Å². The third-order valence-corrected chi connectivity index (χ3v) is 2.25. The van der Waals surface area contributed by atoms with Gasteiger partial charge < -0.3 is 15.3 Å². The van der Waals surface area contributed by atoms with Crippen molar-refractivity contribution in [1.82, 2.24) is 10.2 Å². The molecule has 0 rings (SSSR count). The van der Waals surface area contributed by atoms with Crippen LogP contribution in [-0.4, -0.2) is 42.1 Å². The molecule has 0 fully saturated rings. The standard InChI is InChI=1S/C10H17N3O3/c1-3-8(9(14)15)7-12-10(16)13(2)6-4-5-11/h8H,3-4,6-7H2,1-2H3,(H,12,16)(H,14,15). The zero-order chi connectivity index (χ0) is 12.6. The van der Waals surface area contributed by atoms with E-state index in [1.165, 1.54) is 4.90 Å². The van der Waals surface area contributed by atoms with Crippen LogP contribution in [-0.2, 0) is 4.79 Å². The van der Waals surface area contributed by atoms with E-state index in [4.69, 9.17) is 10.4 Å². The Morgan fingerprint density at radius 1 is 1.56 bits per heavy atom. The quantitative estimate of drug-likeness (QED) is 0.696. The van der Waals surface area contributed by atoms with Crippen LogP contribution in [0.3, 0.4) is 0 Å². The average Bonchev–Trinajstić information content (AvgIpc) is 2.25. The Balaban J connectivity index is 3.96. The maximum atomic E-state index is 11.4. The highest BCUT2D eigenvalue weighted by Crippen LogP contribution is 2.00. The molecule has 0 heterocycles. The molecule has 0 aromatic carbocycles. The number of rotatable bonds is 6. The van der Waals surface area contributed by atoms with E-state index in [9.17, 15) is 9.59 Å². The van der Waals surface area contributed by atoms with Crippen molar-refractivity contribution in [2.45, 2.75) is 19.8 Å². The number of aliphatic carboxylic acids is 1. The first-order valence-electron chi connectivity index (χ1n) is 5.11. The summed E-state index contributed by atoms with van der Waals surface area (Å²) in [6.45, 7) is 2.21. The maximum Gasteiger partial charge on any atom is 0.317 e. The van der Waals surface area contributed by atoms with Crippen molar-refractivity contribution in [3.05, 3.63) is 0 Å².